The van der Waals surface area contributed by atoms with Crippen molar-refractivity contribution in [2.45, 2.75) is 66.3 Å². The van der Waals surface area contributed by atoms with Crippen LogP contribution in [0.4, 0.5) is 11.6 Å². The number of rotatable bonds is 5. The molecule has 0 aliphatic heterocycles. The smallest absolute Gasteiger partial charge is 0.138 e. The van der Waals surface area contributed by atoms with E-state index in [0.717, 1.165) is 36.0 Å². The van der Waals surface area contributed by atoms with E-state index in [0.29, 0.717) is 6.04 Å². The summed E-state index contributed by atoms with van der Waals surface area (Å²) in [4.78, 5) is 11.8. The Balaban J connectivity index is 3.34. The number of aromatic nitrogens is 2. The third-order valence-corrected chi connectivity index (χ3v) is 3.44. The van der Waals surface area contributed by atoms with Gasteiger partial charge < -0.3 is 10.2 Å². The lowest BCUT2D eigenvalue weighted by molar-refractivity contribution is 0.543. The van der Waals surface area contributed by atoms with Crippen LogP contribution >= 0.6 is 0 Å². The molecule has 4 heteroatoms. The van der Waals surface area contributed by atoms with Crippen molar-refractivity contribution in [1.82, 2.24) is 9.97 Å². The summed E-state index contributed by atoms with van der Waals surface area (Å²) in [5, 5.41) is 3.43. The minimum Gasteiger partial charge on any atom is -0.370 e. The fourth-order valence-corrected chi connectivity index (χ4v) is 1.84. The van der Waals surface area contributed by atoms with Gasteiger partial charge in [0.15, 0.2) is 0 Å². The summed E-state index contributed by atoms with van der Waals surface area (Å²) >= 11 is 0. The molecule has 1 rings (SSSR count). The number of anilines is 2. The summed E-state index contributed by atoms with van der Waals surface area (Å²) in [6, 6.07) is 0.412. The van der Waals surface area contributed by atoms with Gasteiger partial charge in [-0.15, -0.1) is 0 Å². The van der Waals surface area contributed by atoms with E-state index >= 15 is 0 Å². The highest BCUT2D eigenvalue weighted by Gasteiger charge is 2.23. The van der Waals surface area contributed by atoms with Crippen molar-refractivity contribution in [3.05, 3.63) is 11.4 Å². The summed E-state index contributed by atoms with van der Waals surface area (Å²) in [6.45, 7) is 16.0. The van der Waals surface area contributed by atoms with E-state index in [2.05, 4.69) is 65.7 Å². The lowest BCUT2D eigenvalue weighted by atomic mass is 9.95. The Labute approximate surface area is 124 Å². The first-order chi connectivity index (χ1) is 9.18. The molecular formula is C16H30N4. The van der Waals surface area contributed by atoms with Gasteiger partial charge in [-0.2, -0.15) is 0 Å². The molecule has 0 spiro atoms. The third-order valence-electron chi connectivity index (χ3n) is 3.44. The number of nitrogens with zero attached hydrogens (tertiary/aromatic N) is 3. The van der Waals surface area contributed by atoms with E-state index in [9.17, 15) is 0 Å². The summed E-state index contributed by atoms with van der Waals surface area (Å²) in [5.41, 5.74) is 1.07. The van der Waals surface area contributed by atoms with E-state index in [4.69, 9.17) is 9.97 Å². The summed E-state index contributed by atoms with van der Waals surface area (Å²) in [7, 11) is 2.09. The normalized spacial score (nSPS) is 11.8. The molecule has 0 aliphatic rings. The summed E-state index contributed by atoms with van der Waals surface area (Å²) < 4.78 is 0. The van der Waals surface area contributed by atoms with Gasteiger partial charge in [-0.1, -0.05) is 27.7 Å². The van der Waals surface area contributed by atoms with Crippen LogP contribution < -0.4 is 10.2 Å². The van der Waals surface area contributed by atoms with Gasteiger partial charge in [0.25, 0.3) is 0 Å². The summed E-state index contributed by atoms with van der Waals surface area (Å²) in [6.07, 6.45) is 1.09. The van der Waals surface area contributed by atoms with Crippen molar-refractivity contribution in [3.63, 3.8) is 0 Å². The Kier molecular flexibility index (Phi) is 5.37. The molecule has 1 aromatic rings. The maximum Gasteiger partial charge on any atom is 0.138 e. The first-order valence-electron chi connectivity index (χ1n) is 7.54. The fourth-order valence-electron chi connectivity index (χ4n) is 1.84. The quantitative estimate of drug-likeness (QED) is 0.890. The molecule has 0 saturated heterocycles. The van der Waals surface area contributed by atoms with Gasteiger partial charge >= 0.3 is 0 Å². The predicted molar refractivity (Wildman–Crippen MR) is 87.8 cm³/mol. The molecule has 0 atom stereocenters. The largest absolute Gasteiger partial charge is 0.370 e. The second-order valence-electron chi connectivity index (χ2n) is 6.73. The van der Waals surface area contributed by atoms with Gasteiger partial charge in [0.05, 0.1) is 0 Å². The summed E-state index contributed by atoms with van der Waals surface area (Å²) in [5.74, 6) is 2.89. The van der Waals surface area contributed by atoms with E-state index in [-0.39, 0.29) is 5.41 Å². The van der Waals surface area contributed by atoms with Gasteiger partial charge in [-0.3, -0.25) is 0 Å². The molecule has 0 radical (unpaired) electrons. The van der Waals surface area contributed by atoms with Gasteiger partial charge in [0.2, 0.25) is 0 Å². The van der Waals surface area contributed by atoms with Crippen LogP contribution in [0.15, 0.2) is 0 Å². The zero-order valence-electron chi connectivity index (χ0n) is 14.3. The zero-order chi connectivity index (χ0) is 15.5. The van der Waals surface area contributed by atoms with Gasteiger partial charge in [-0.25, -0.2) is 9.97 Å². The van der Waals surface area contributed by atoms with Gasteiger partial charge in [0.1, 0.15) is 17.5 Å². The third kappa shape index (κ3) is 3.84. The molecule has 0 saturated carbocycles. The second kappa shape index (κ2) is 6.42. The van der Waals surface area contributed by atoms with Crippen LogP contribution in [0.3, 0.4) is 0 Å². The minimum absolute atomic E-state index is 0.0527. The molecule has 0 unspecified atom stereocenters. The Bertz CT molecular complexity index is 447. The van der Waals surface area contributed by atoms with Gasteiger partial charge in [0, 0.05) is 30.6 Å². The predicted octanol–water partition coefficient (Wildman–Crippen LogP) is 3.75. The first kappa shape index (κ1) is 16.7. The molecule has 0 bridgehead atoms. The van der Waals surface area contributed by atoms with Crippen molar-refractivity contribution in [1.29, 1.82) is 0 Å². The van der Waals surface area contributed by atoms with E-state index in [1.54, 1.807) is 0 Å². The van der Waals surface area contributed by atoms with Crippen LogP contribution in [-0.2, 0) is 5.41 Å². The number of hydrogen-bond donors (Lipinski definition) is 1. The van der Waals surface area contributed by atoms with E-state index in [1.807, 2.05) is 0 Å². The Morgan fingerprint density at radius 3 is 2.25 bits per heavy atom. The maximum atomic E-state index is 4.81. The van der Waals surface area contributed by atoms with Crippen LogP contribution in [0.5, 0.6) is 0 Å². The van der Waals surface area contributed by atoms with Crippen LogP contribution in [0, 0.1) is 6.92 Å². The molecule has 0 aromatic carbocycles. The van der Waals surface area contributed by atoms with Crippen molar-refractivity contribution < 1.29 is 0 Å². The van der Waals surface area contributed by atoms with Gasteiger partial charge in [-0.05, 0) is 27.2 Å². The van der Waals surface area contributed by atoms with E-state index < -0.39 is 0 Å². The number of hydrogen-bond acceptors (Lipinski definition) is 4. The maximum absolute atomic E-state index is 4.81. The lowest BCUT2D eigenvalue weighted by Gasteiger charge is -2.28. The Hall–Kier alpha value is -1.32. The highest BCUT2D eigenvalue weighted by atomic mass is 15.2. The average Bonchev–Trinajstić information content (AvgIpc) is 2.35. The fraction of sp³-hybridized carbons (Fsp3) is 0.750. The molecule has 114 valence electrons. The average molecular weight is 278 g/mol. The van der Waals surface area contributed by atoms with E-state index in [1.165, 1.54) is 0 Å². The van der Waals surface area contributed by atoms with Crippen molar-refractivity contribution in [2.75, 3.05) is 23.8 Å². The van der Waals surface area contributed by atoms with Crippen molar-refractivity contribution in [2.24, 2.45) is 0 Å². The van der Waals surface area contributed by atoms with Crippen molar-refractivity contribution >= 4 is 11.6 Å². The molecule has 1 aromatic heterocycles. The second-order valence-corrected chi connectivity index (χ2v) is 6.73. The minimum atomic E-state index is -0.0527. The topological polar surface area (TPSA) is 41.1 Å². The highest BCUT2D eigenvalue weighted by Crippen LogP contribution is 2.28. The van der Waals surface area contributed by atoms with Crippen LogP contribution in [0.1, 0.15) is 59.4 Å². The standard InChI is InChI=1S/C16H30N4/c1-9-10-17-13-12(4)14(20(8)11(2)3)19-15(18-13)16(5,6)7/h11H,9-10H2,1-8H3,(H,17,18,19). The van der Waals surface area contributed by atoms with Crippen LogP contribution in [0.2, 0.25) is 0 Å². The zero-order valence-corrected chi connectivity index (χ0v) is 14.3. The lowest BCUT2D eigenvalue weighted by Crippen LogP contribution is -2.29. The first-order valence-corrected chi connectivity index (χ1v) is 7.54. The number of nitrogens with one attached hydrogen (secondary N) is 1. The molecule has 0 amide bonds. The SMILES string of the molecule is CCCNc1nc(C(C)(C)C)nc(N(C)C(C)C)c1C. The monoisotopic (exact) mass is 278 g/mol. The Morgan fingerprint density at radius 1 is 1.20 bits per heavy atom. The van der Waals surface area contributed by atoms with Crippen LogP contribution in [0.25, 0.3) is 0 Å². The molecule has 0 fully saturated rings. The Morgan fingerprint density at radius 2 is 1.80 bits per heavy atom. The van der Waals surface area contributed by atoms with Crippen LogP contribution in [-0.4, -0.2) is 29.6 Å². The highest BCUT2D eigenvalue weighted by molar-refractivity contribution is 5.59. The molecule has 0 aliphatic carbocycles. The van der Waals surface area contributed by atoms with Crippen molar-refractivity contribution in [3.8, 4) is 0 Å². The molecule has 1 heterocycles. The molecule has 20 heavy (non-hydrogen) atoms. The molecular weight excluding hydrogens is 248 g/mol. The molecule has 1 N–H and O–H groups in total. The molecule has 4 nitrogen and oxygen atoms in total.